The van der Waals surface area contributed by atoms with E-state index >= 15 is 0 Å². The zero-order valence-corrected chi connectivity index (χ0v) is 14.9. The van der Waals surface area contributed by atoms with Crippen LogP contribution in [0.25, 0.3) is 6.08 Å². The number of nitrogens with zero attached hydrogens (tertiary/aromatic N) is 2. The Morgan fingerprint density at radius 3 is 2.81 bits per heavy atom. The van der Waals surface area contributed by atoms with E-state index in [1.54, 1.807) is 54.7 Å². The summed E-state index contributed by atoms with van der Waals surface area (Å²) in [6.45, 7) is 0. The van der Waals surface area contributed by atoms with Gasteiger partial charge in [-0.25, -0.2) is 4.98 Å². The highest BCUT2D eigenvalue weighted by Gasteiger charge is 2.03. The first-order valence-corrected chi connectivity index (χ1v) is 8.34. The van der Waals surface area contributed by atoms with Gasteiger partial charge in [0.05, 0.1) is 6.20 Å². The van der Waals surface area contributed by atoms with Crippen molar-refractivity contribution in [3.63, 3.8) is 0 Å². The van der Waals surface area contributed by atoms with Crippen LogP contribution in [0.1, 0.15) is 5.56 Å². The molecule has 0 unspecified atom stereocenters. The number of carbonyl (C=O) groups excluding carboxylic acids is 1. The predicted molar refractivity (Wildman–Crippen MR) is 103 cm³/mol. The third-order valence-corrected chi connectivity index (χ3v) is 3.82. The van der Waals surface area contributed by atoms with E-state index in [1.807, 2.05) is 0 Å². The van der Waals surface area contributed by atoms with Crippen molar-refractivity contribution in [3.8, 4) is 11.6 Å². The lowest BCUT2D eigenvalue weighted by Crippen LogP contribution is -2.07. The maximum Gasteiger partial charge on any atom is 0.248 e. The average molecular weight is 386 g/mol. The molecule has 1 heterocycles. The Hall–Kier alpha value is -2.89. The lowest BCUT2D eigenvalue weighted by atomic mass is 10.2. The maximum atomic E-state index is 12.1. The van der Waals surface area contributed by atoms with Crippen molar-refractivity contribution < 1.29 is 9.53 Å². The minimum atomic E-state index is -0.308. The highest BCUT2D eigenvalue weighted by molar-refractivity contribution is 6.34. The van der Waals surface area contributed by atoms with Crippen LogP contribution in [0.2, 0.25) is 10.0 Å². The van der Waals surface area contributed by atoms with Gasteiger partial charge in [0.25, 0.3) is 0 Å². The van der Waals surface area contributed by atoms with Crippen molar-refractivity contribution in [3.05, 3.63) is 82.7 Å². The van der Waals surface area contributed by atoms with Crippen LogP contribution in [-0.4, -0.2) is 15.9 Å². The van der Waals surface area contributed by atoms with Crippen molar-refractivity contribution in [1.82, 2.24) is 9.97 Å². The van der Waals surface area contributed by atoms with Crippen LogP contribution in [0.15, 0.2) is 67.1 Å². The van der Waals surface area contributed by atoms with E-state index in [2.05, 4.69) is 15.3 Å². The van der Waals surface area contributed by atoms with Crippen LogP contribution >= 0.6 is 23.2 Å². The molecule has 3 rings (SSSR count). The van der Waals surface area contributed by atoms with Gasteiger partial charge < -0.3 is 10.1 Å². The number of ether oxygens (including phenoxy) is 1. The number of anilines is 1. The molecule has 0 fully saturated rings. The molecule has 0 aliphatic rings. The Bertz CT molecular complexity index is 947. The number of halogens is 2. The third kappa shape index (κ3) is 5.05. The first kappa shape index (κ1) is 17.9. The summed E-state index contributed by atoms with van der Waals surface area (Å²) in [4.78, 5) is 20.1. The smallest absolute Gasteiger partial charge is 0.248 e. The number of nitrogens with one attached hydrogen (secondary N) is 1. The summed E-state index contributed by atoms with van der Waals surface area (Å²) in [6.07, 6.45) is 7.58. The number of rotatable bonds is 5. The molecule has 2 aromatic carbocycles. The van der Waals surface area contributed by atoms with E-state index < -0.39 is 0 Å². The van der Waals surface area contributed by atoms with Gasteiger partial charge in [-0.05, 0) is 42.0 Å². The lowest BCUT2D eigenvalue weighted by molar-refractivity contribution is -0.111. The third-order valence-electron chi connectivity index (χ3n) is 3.24. The van der Waals surface area contributed by atoms with E-state index in [0.29, 0.717) is 32.9 Å². The van der Waals surface area contributed by atoms with E-state index in [4.69, 9.17) is 27.9 Å². The first-order valence-electron chi connectivity index (χ1n) is 7.58. The molecular weight excluding hydrogens is 373 g/mol. The number of carbonyl (C=O) groups is 1. The molecule has 0 spiro atoms. The van der Waals surface area contributed by atoms with Crippen LogP contribution in [0.5, 0.6) is 11.6 Å². The molecule has 0 saturated carbocycles. The van der Waals surface area contributed by atoms with Crippen LogP contribution in [-0.2, 0) is 4.79 Å². The fourth-order valence-electron chi connectivity index (χ4n) is 2.09. The molecule has 1 aromatic heterocycles. The van der Waals surface area contributed by atoms with Gasteiger partial charge in [0, 0.05) is 40.3 Å². The Balaban J connectivity index is 1.67. The number of hydrogen-bond donors (Lipinski definition) is 1. The largest absolute Gasteiger partial charge is 0.437 e. The zero-order valence-electron chi connectivity index (χ0n) is 13.4. The van der Waals surface area contributed by atoms with Crippen LogP contribution in [0.3, 0.4) is 0 Å². The second kappa shape index (κ2) is 8.47. The van der Waals surface area contributed by atoms with Gasteiger partial charge >= 0.3 is 0 Å². The fourth-order valence-corrected chi connectivity index (χ4v) is 2.45. The van der Waals surface area contributed by atoms with Gasteiger partial charge in [-0.1, -0.05) is 29.3 Å². The minimum Gasteiger partial charge on any atom is -0.437 e. The van der Waals surface area contributed by atoms with Gasteiger partial charge in [0.1, 0.15) is 5.75 Å². The molecule has 0 aliphatic heterocycles. The molecule has 1 amide bonds. The summed E-state index contributed by atoms with van der Waals surface area (Å²) in [5.41, 5.74) is 1.24. The summed E-state index contributed by atoms with van der Waals surface area (Å²) in [7, 11) is 0. The topological polar surface area (TPSA) is 64.1 Å². The molecule has 130 valence electrons. The molecule has 1 N–H and O–H groups in total. The Morgan fingerprint density at radius 2 is 2.00 bits per heavy atom. The van der Waals surface area contributed by atoms with Crippen molar-refractivity contribution in [2.75, 3.05) is 5.32 Å². The van der Waals surface area contributed by atoms with Crippen LogP contribution in [0, 0.1) is 0 Å². The van der Waals surface area contributed by atoms with Crippen molar-refractivity contribution in [1.29, 1.82) is 0 Å². The Labute approximate surface area is 160 Å². The van der Waals surface area contributed by atoms with E-state index in [1.165, 1.54) is 18.5 Å². The van der Waals surface area contributed by atoms with Crippen molar-refractivity contribution in [2.24, 2.45) is 0 Å². The maximum absolute atomic E-state index is 12.1. The summed E-state index contributed by atoms with van der Waals surface area (Å²) >= 11 is 12.0. The minimum absolute atomic E-state index is 0.308. The lowest BCUT2D eigenvalue weighted by Gasteiger charge is -2.07. The SMILES string of the molecule is O=C(/C=C/c1cc(Cl)ccc1Cl)Nc1cccc(Oc2cnccn2)c1. The molecule has 0 bridgehead atoms. The van der Waals surface area contributed by atoms with Gasteiger partial charge in [-0.2, -0.15) is 0 Å². The molecule has 7 heteroatoms. The van der Waals surface area contributed by atoms with E-state index in [9.17, 15) is 4.79 Å². The number of aromatic nitrogens is 2. The highest BCUT2D eigenvalue weighted by atomic mass is 35.5. The average Bonchev–Trinajstić information content (AvgIpc) is 2.64. The van der Waals surface area contributed by atoms with Crippen molar-refractivity contribution in [2.45, 2.75) is 0 Å². The van der Waals surface area contributed by atoms with Gasteiger partial charge in [-0.15, -0.1) is 0 Å². The van der Waals surface area contributed by atoms with E-state index in [-0.39, 0.29) is 5.91 Å². The molecule has 5 nitrogen and oxygen atoms in total. The van der Waals surface area contributed by atoms with Gasteiger partial charge in [-0.3, -0.25) is 9.78 Å². The molecule has 0 radical (unpaired) electrons. The molecule has 26 heavy (non-hydrogen) atoms. The quantitative estimate of drug-likeness (QED) is 0.610. The monoisotopic (exact) mass is 385 g/mol. The normalized spacial score (nSPS) is 10.7. The van der Waals surface area contributed by atoms with Gasteiger partial charge in [0.2, 0.25) is 11.8 Å². The highest BCUT2D eigenvalue weighted by Crippen LogP contribution is 2.23. The standard InChI is InChI=1S/C19H13Cl2N3O2/c20-14-5-6-17(21)13(10-14)4-7-18(25)24-15-2-1-3-16(11-15)26-19-12-22-8-9-23-19/h1-12H,(H,24,25)/b7-4+. The van der Waals surface area contributed by atoms with Crippen LogP contribution < -0.4 is 10.1 Å². The number of benzene rings is 2. The second-order valence-electron chi connectivity index (χ2n) is 5.16. The summed E-state index contributed by atoms with van der Waals surface area (Å²) < 4.78 is 5.58. The molecule has 0 atom stereocenters. The first-order chi connectivity index (χ1) is 12.6. The molecule has 3 aromatic rings. The molecule has 0 aliphatic carbocycles. The Kier molecular flexibility index (Phi) is 5.84. The fraction of sp³-hybridized carbons (Fsp3) is 0. The Morgan fingerprint density at radius 1 is 1.12 bits per heavy atom. The zero-order chi connectivity index (χ0) is 18.4. The second-order valence-corrected chi connectivity index (χ2v) is 6.01. The van der Waals surface area contributed by atoms with Crippen LogP contribution in [0.4, 0.5) is 5.69 Å². The summed E-state index contributed by atoms with van der Waals surface area (Å²) in [5.74, 6) is 0.592. The molecular formula is C19H13Cl2N3O2. The summed E-state index contributed by atoms with van der Waals surface area (Å²) in [6, 6.07) is 12.0. The van der Waals surface area contributed by atoms with Gasteiger partial charge in [0.15, 0.2) is 0 Å². The van der Waals surface area contributed by atoms with Crippen molar-refractivity contribution >= 4 is 40.9 Å². The number of amides is 1. The number of hydrogen-bond acceptors (Lipinski definition) is 4. The molecule has 0 saturated heterocycles. The summed E-state index contributed by atoms with van der Waals surface area (Å²) in [5, 5.41) is 3.81. The predicted octanol–water partition coefficient (Wildman–Crippen LogP) is 5.23. The van der Waals surface area contributed by atoms with E-state index in [0.717, 1.165) is 0 Å².